The minimum absolute atomic E-state index is 0.0823. The highest BCUT2D eigenvalue weighted by Crippen LogP contribution is 2.34. The number of carbonyl (C=O) groups is 2. The fourth-order valence-electron chi connectivity index (χ4n) is 4.63. The molecule has 1 aromatic heterocycles. The molecule has 0 saturated carbocycles. The van der Waals surface area contributed by atoms with Crippen LogP contribution in [0.4, 0.5) is 5.69 Å². The molecule has 0 radical (unpaired) electrons. The van der Waals surface area contributed by atoms with Gasteiger partial charge in [0, 0.05) is 42.9 Å². The number of fused-ring (bicyclic) bond motifs is 1. The summed E-state index contributed by atoms with van der Waals surface area (Å²) in [7, 11) is 0. The maximum atomic E-state index is 13.0. The van der Waals surface area contributed by atoms with Crippen molar-refractivity contribution in [1.29, 1.82) is 0 Å². The molecule has 2 aromatic rings. The molecule has 2 aliphatic heterocycles. The first-order valence-corrected chi connectivity index (χ1v) is 10.5. The summed E-state index contributed by atoms with van der Waals surface area (Å²) in [4.78, 5) is 33.9. The molecule has 0 bridgehead atoms. The van der Waals surface area contributed by atoms with Crippen LogP contribution in [0.5, 0.6) is 0 Å². The summed E-state index contributed by atoms with van der Waals surface area (Å²) in [5.74, 6) is 0.240. The van der Waals surface area contributed by atoms with Crippen molar-refractivity contribution in [3.8, 4) is 0 Å². The number of benzene rings is 1. The third kappa shape index (κ3) is 3.80. The van der Waals surface area contributed by atoms with Gasteiger partial charge in [-0.3, -0.25) is 14.6 Å². The molecule has 154 valence electrons. The van der Waals surface area contributed by atoms with E-state index in [0.29, 0.717) is 26.1 Å². The number of amides is 2. The van der Waals surface area contributed by atoms with Crippen molar-refractivity contribution in [2.24, 2.45) is 5.92 Å². The summed E-state index contributed by atoms with van der Waals surface area (Å²) in [6.07, 6.45) is 2.03. The molecule has 3 heterocycles. The molecule has 1 unspecified atom stereocenters. The van der Waals surface area contributed by atoms with Crippen molar-refractivity contribution in [3.05, 3.63) is 36.0 Å². The number of aromatic nitrogens is 1. The van der Waals surface area contributed by atoms with E-state index in [1.54, 1.807) is 0 Å². The second kappa shape index (κ2) is 7.32. The third-order valence-electron chi connectivity index (χ3n) is 6.26. The lowest BCUT2D eigenvalue weighted by Crippen LogP contribution is -2.45. The minimum atomic E-state index is -0.238. The zero-order valence-electron chi connectivity index (χ0n) is 17.5. The Morgan fingerprint density at radius 1 is 1.17 bits per heavy atom. The van der Waals surface area contributed by atoms with Crippen LogP contribution in [0.25, 0.3) is 10.9 Å². The predicted molar refractivity (Wildman–Crippen MR) is 114 cm³/mol. The van der Waals surface area contributed by atoms with Crippen molar-refractivity contribution in [1.82, 2.24) is 14.8 Å². The summed E-state index contributed by atoms with van der Waals surface area (Å²) >= 11 is 0. The molecule has 2 aliphatic rings. The van der Waals surface area contributed by atoms with Crippen molar-refractivity contribution < 1.29 is 9.59 Å². The van der Waals surface area contributed by atoms with Crippen LogP contribution in [0.1, 0.15) is 51.6 Å². The number of carbonyl (C=O) groups excluding carboxylic acids is 2. The van der Waals surface area contributed by atoms with Gasteiger partial charge in [-0.2, -0.15) is 0 Å². The second-order valence-electron chi connectivity index (χ2n) is 9.33. The quantitative estimate of drug-likeness (QED) is 0.848. The molecule has 2 fully saturated rings. The Morgan fingerprint density at radius 3 is 2.52 bits per heavy atom. The van der Waals surface area contributed by atoms with Gasteiger partial charge >= 0.3 is 0 Å². The van der Waals surface area contributed by atoms with Crippen LogP contribution in [0.3, 0.4) is 0 Å². The Kier molecular flexibility index (Phi) is 4.97. The van der Waals surface area contributed by atoms with E-state index in [-0.39, 0.29) is 29.2 Å². The van der Waals surface area contributed by atoms with Crippen LogP contribution in [-0.4, -0.2) is 51.8 Å². The van der Waals surface area contributed by atoms with Crippen LogP contribution < -0.4 is 5.73 Å². The SMILES string of the molecule is CC(C)(C)N1CC(C(=O)N2CCC(c3nc4ccccc4cc3N)CC2)CC1=O. The topological polar surface area (TPSA) is 79.5 Å². The number of nitrogens with zero attached hydrogens (tertiary/aromatic N) is 3. The number of para-hydroxylation sites is 1. The Bertz CT molecular complexity index is 942. The highest BCUT2D eigenvalue weighted by atomic mass is 16.2. The lowest BCUT2D eigenvalue weighted by atomic mass is 9.91. The predicted octanol–water partition coefficient (Wildman–Crippen LogP) is 3.17. The molecular formula is C23H30N4O2. The molecule has 0 aliphatic carbocycles. The zero-order chi connectivity index (χ0) is 20.8. The molecule has 2 saturated heterocycles. The van der Waals surface area contributed by atoms with Gasteiger partial charge in [-0.05, 0) is 45.7 Å². The molecule has 4 rings (SSSR count). The maximum Gasteiger partial charge on any atom is 0.227 e. The van der Waals surface area contributed by atoms with Gasteiger partial charge in [0.25, 0.3) is 0 Å². The van der Waals surface area contributed by atoms with Crippen molar-refractivity contribution in [3.63, 3.8) is 0 Å². The van der Waals surface area contributed by atoms with Gasteiger partial charge in [0.15, 0.2) is 0 Å². The smallest absolute Gasteiger partial charge is 0.227 e. The fraction of sp³-hybridized carbons (Fsp3) is 0.522. The number of anilines is 1. The lowest BCUT2D eigenvalue weighted by Gasteiger charge is -2.35. The van der Waals surface area contributed by atoms with E-state index < -0.39 is 0 Å². The van der Waals surface area contributed by atoms with Crippen LogP contribution in [0.15, 0.2) is 30.3 Å². The second-order valence-corrected chi connectivity index (χ2v) is 9.33. The molecule has 6 heteroatoms. The molecule has 1 atom stereocenters. The first-order chi connectivity index (χ1) is 13.7. The van der Waals surface area contributed by atoms with E-state index in [0.717, 1.165) is 35.1 Å². The molecule has 29 heavy (non-hydrogen) atoms. The average Bonchev–Trinajstić information content (AvgIpc) is 3.09. The fourth-order valence-corrected chi connectivity index (χ4v) is 4.63. The largest absolute Gasteiger partial charge is 0.397 e. The van der Waals surface area contributed by atoms with Gasteiger partial charge in [-0.1, -0.05) is 18.2 Å². The number of likely N-dealkylation sites (tertiary alicyclic amines) is 2. The average molecular weight is 395 g/mol. The first kappa shape index (κ1) is 19.7. The minimum Gasteiger partial charge on any atom is -0.397 e. The van der Waals surface area contributed by atoms with Gasteiger partial charge in [-0.15, -0.1) is 0 Å². The van der Waals surface area contributed by atoms with Gasteiger partial charge < -0.3 is 15.5 Å². The van der Waals surface area contributed by atoms with Crippen molar-refractivity contribution in [2.75, 3.05) is 25.4 Å². The third-order valence-corrected chi connectivity index (χ3v) is 6.26. The summed E-state index contributed by atoms with van der Waals surface area (Å²) in [6, 6.07) is 10.0. The number of nitrogen functional groups attached to an aromatic ring is 1. The van der Waals surface area contributed by atoms with E-state index in [2.05, 4.69) is 0 Å². The standard InChI is InChI=1S/C23H30N4O2/c1-23(2,3)27-14-17(13-20(27)28)22(29)26-10-8-15(9-11-26)21-18(24)12-16-6-4-5-7-19(16)25-21/h4-7,12,15,17H,8-11,13-14,24H2,1-3H3. The Labute approximate surface area is 172 Å². The number of nitrogens with two attached hydrogens (primary N) is 1. The summed E-state index contributed by atoms with van der Waals surface area (Å²) in [6.45, 7) is 7.97. The van der Waals surface area contributed by atoms with E-state index in [1.165, 1.54) is 0 Å². The van der Waals surface area contributed by atoms with Gasteiger partial charge in [0.05, 0.1) is 22.8 Å². The summed E-state index contributed by atoms with van der Waals surface area (Å²) < 4.78 is 0. The highest BCUT2D eigenvalue weighted by Gasteiger charge is 2.41. The maximum absolute atomic E-state index is 13.0. The molecule has 1 aromatic carbocycles. The number of piperidine rings is 1. The Morgan fingerprint density at radius 2 is 1.86 bits per heavy atom. The van der Waals surface area contributed by atoms with Crippen LogP contribution in [-0.2, 0) is 9.59 Å². The molecular weight excluding hydrogens is 364 g/mol. The van der Waals surface area contributed by atoms with E-state index in [4.69, 9.17) is 10.7 Å². The lowest BCUT2D eigenvalue weighted by molar-refractivity contribution is -0.136. The van der Waals surface area contributed by atoms with Gasteiger partial charge in [0.2, 0.25) is 11.8 Å². The zero-order valence-corrected chi connectivity index (χ0v) is 17.5. The number of pyridine rings is 1. The van der Waals surface area contributed by atoms with Crippen LogP contribution in [0, 0.1) is 5.92 Å². The normalized spacial score (nSPS) is 21.2. The molecule has 2 N–H and O–H groups in total. The van der Waals surface area contributed by atoms with Crippen molar-refractivity contribution in [2.45, 2.75) is 51.5 Å². The Balaban J connectivity index is 1.42. The summed E-state index contributed by atoms with van der Waals surface area (Å²) in [5, 5.41) is 1.05. The number of hydrogen-bond donors (Lipinski definition) is 1. The highest BCUT2D eigenvalue weighted by molar-refractivity contribution is 5.89. The monoisotopic (exact) mass is 394 g/mol. The van der Waals surface area contributed by atoms with Gasteiger partial charge in [0.1, 0.15) is 0 Å². The molecule has 2 amide bonds. The molecule has 0 spiro atoms. The number of hydrogen-bond acceptors (Lipinski definition) is 4. The summed E-state index contributed by atoms with van der Waals surface area (Å²) in [5.41, 5.74) is 8.70. The van der Waals surface area contributed by atoms with E-state index in [1.807, 2.05) is 60.9 Å². The number of rotatable bonds is 2. The van der Waals surface area contributed by atoms with Crippen molar-refractivity contribution >= 4 is 28.4 Å². The van der Waals surface area contributed by atoms with E-state index >= 15 is 0 Å². The van der Waals surface area contributed by atoms with E-state index in [9.17, 15) is 9.59 Å². The first-order valence-electron chi connectivity index (χ1n) is 10.5. The molecule has 6 nitrogen and oxygen atoms in total. The Hall–Kier alpha value is -2.63. The van der Waals surface area contributed by atoms with Crippen LogP contribution in [0.2, 0.25) is 0 Å². The van der Waals surface area contributed by atoms with Gasteiger partial charge in [-0.25, -0.2) is 0 Å². The van der Waals surface area contributed by atoms with Crippen LogP contribution >= 0.6 is 0 Å².